The first-order chi connectivity index (χ1) is 12.1. The van der Waals surface area contributed by atoms with Gasteiger partial charge in [-0.25, -0.2) is 19.3 Å². The molecule has 0 saturated carbocycles. The Morgan fingerprint density at radius 2 is 2.12 bits per heavy atom. The number of likely N-dealkylation sites (tertiary alicyclic amines) is 1. The second-order valence-electron chi connectivity index (χ2n) is 6.40. The summed E-state index contributed by atoms with van der Waals surface area (Å²) in [6, 6.07) is 4.26. The Balaban J connectivity index is 1.48. The maximum Gasteiger partial charge on any atom is 0.289 e. The molecule has 3 heterocycles. The highest BCUT2D eigenvalue weighted by Crippen LogP contribution is 2.28. The molecule has 0 atom stereocenters. The van der Waals surface area contributed by atoms with Crippen molar-refractivity contribution in [3.8, 4) is 0 Å². The van der Waals surface area contributed by atoms with Gasteiger partial charge in [0.1, 0.15) is 12.1 Å². The molecule has 1 N–H and O–H groups in total. The molecule has 0 spiro atoms. The third-order valence-electron chi connectivity index (χ3n) is 4.75. The molecule has 1 aromatic carbocycles. The van der Waals surface area contributed by atoms with Crippen LogP contribution in [-0.4, -0.2) is 43.8 Å². The van der Waals surface area contributed by atoms with Crippen LogP contribution < -0.4 is 0 Å². The van der Waals surface area contributed by atoms with Gasteiger partial charge in [-0.15, -0.1) is 0 Å². The second-order valence-corrected chi connectivity index (χ2v) is 6.40. The summed E-state index contributed by atoms with van der Waals surface area (Å²) in [6.45, 7) is 3.32. The Labute approximate surface area is 144 Å². The molecule has 0 unspecified atom stereocenters. The molecule has 4 rings (SSSR count). The van der Waals surface area contributed by atoms with Gasteiger partial charge in [0.25, 0.3) is 5.91 Å². The summed E-state index contributed by atoms with van der Waals surface area (Å²) in [7, 11) is 0. The Morgan fingerprint density at radius 3 is 2.88 bits per heavy atom. The zero-order valence-electron chi connectivity index (χ0n) is 13.9. The van der Waals surface area contributed by atoms with E-state index in [9.17, 15) is 9.18 Å². The number of halogens is 1. The number of nitrogens with one attached hydrogen (secondary N) is 1. The van der Waals surface area contributed by atoms with Gasteiger partial charge in [0.05, 0.1) is 11.0 Å². The van der Waals surface area contributed by atoms with Crippen LogP contribution in [0.25, 0.3) is 11.0 Å². The first-order valence-corrected chi connectivity index (χ1v) is 8.33. The maximum absolute atomic E-state index is 13.3. The number of fused-ring (bicyclic) bond motifs is 1. The molecule has 6 nitrogen and oxygen atoms in total. The van der Waals surface area contributed by atoms with Crippen LogP contribution in [0.15, 0.2) is 30.7 Å². The van der Waals surface area contributed by atoms with Crippen molar-refractivity contribution in [3.63, 3.8) is 0 Å². The standard InChI is InChI=1S/C18H18FN5O/c1-11-9-20-10-21-16(11)12-4-6-24(7-5-12)18(25)17-22-14-3-2-13(19)8-15(14)23-17/h2-3,8-10,12H,4-7H2,1H3,(H,22,23). The smallest absolute Gasteiger partial charge is 0.289 e. The lowest BCUT2D eigenvalue weighted by atomic mass is 9.91. The average molecular weight is 339 g/mol. The monoisotopic (exact) mass is 339 g/mol. The van der Waals surface area contributed by atoms with Crippen molar-refractivity contribution >= 4 is 16.9 Å². The van der Waals surface area contributed by atoms with Crippen LogP contribution in [0.2, 0.25) is 0 Å². The number of hydrogen-bond donors (Lipinski definition) is 1. The average Bonchev–Trinajstić information content (AvgIpc) is 3.05. The van der Waals surface area contributed by atoms with Gasteiger partial charge in [0.15, 0.2) is 5.82 Å². The van der Waals surface area contributed by atoms with Gasteiger partial charge in [-0.3, -0.25) is 4.79 Å². The highest BCUT2D eigenvalue weighted by Gasteiger charge is 2.27. The van der Waals surface area contributed by atoms with Crippen LogP contribution in [0, 0.1) is 12.7 Å². The molecule has 3 aromatic rings. The first-order valence-electron chi connectivity index (χ1n) is 8.33. The van der Waals surface area contributed by atoms with E-state index >= 15 is 0 Å². The van der Waals surface area contributed by atoms with Crippen LogP contribution in [0.1, 0.15) is 40.6 Å². The number of hydrogen-bond acceptors (Lipinski definition) is 4. The lowest BCUT2D eigenvalue weighted by Gasteiger charge is -2.31. The number of carbonyl (C=O) groups is 1. The zero-order valence-corrected chi connectivity index (χ0v) is 13.9. The molecule has 1 aliphatic rings. The lowest BCUT2D eigenvalue weighted by Crippen LogP contribution is -2.38. The summed E-state index contributed by atoms with van der Waals surface area (Å²) >= 11 is 0. The van der Waals surface area contributed by atoms with Gasteiger partial charge in [-0.1, -0.05) is 0 Å². The SMILES string of the molecule is Cc1cncnc1C1CCN(C(=O)c2nc3ccc(F)cc3[nH]2)CC1. The predicted octanol–water partition coefficient (Wildman–Crippen LogP) is 2.82. The van der Waals surface area contributed by atoms with Crippen LogP contribution >= 0.6 is 0 Å². The highest BCUT2D eigenvalue weighted by atomic mass is 19.1. The summed E-state index contributed by atoms with van der Waals surface area (Å²) in [4.78, 5) is 30.1. The van der Waals surface area contributed by atoms with E-state index in [1.807, 2.05) is 13.1 Å². The van der Waals surface area contributed by atoms with Crippen molar-refractivity contribution in [2.24, 2.45) is 0 Å². The minimum absolute atomic E-state index is 0.144. The van der Waals surface area contributed by atoms with Crippen molar-refractivity contribution in [2.75, 3.05) is 13.1 Å². The van der Waals surface area contributed by atoms with E-state index in [0.29, 0.717) is 30.0 Å². The minimum Gasteiger partial charge on any atom is -0.336 e. The van der Waals surface area contributed by atoms with E-state index in [-0.39, 0.29) is 17.5 Å². The van der Waals surface area contributed by atoms with Crippen LogP contribution in [0.3, 0.4) is 0 Å². The number of aryl methyl sites for hydroxylation is 1. The van der Waals surface area contributed by atoms with Crippen molar-refractivity contribution < 1.29 is 9.18 Å². The molecule has 25 heavy (non-hydrogen) atoms. The van der Waals surface area contributed by atoms with E-state index in [4.69, 9.17) is 0 Å². The molecular weight excluding hydrogens is 321 g/mol. The Kier molecular flexibility index (Phi) is 3.91. The molecule has 1 saturated heterocycles. The van der Waals surface area contributed by atoms with Gasteiger partial charge >= 0.3 is 0 Å². The van der Waals surface area contributed by atoms with Gasteiger partial charge in [0.2, 0.25) is 0 Å². The summed E-state index contributed by atoms with van der Waals surface area (Å²) in [6.07, 6.45) is 5.12. The Bertz CT molecular complexity index is 930. The molecule has 2 aromatic heterocycles. The van der Waals surface area contributed by atoms with E-state index in [1.165, 1.54) is 12.1 Å². The Hall–Kier alpha value is -2.83. The quantitative estimate of drug-likeness (QED) is 0.779. The van der Waals surface area contributed by atoms with Crippen molar-refractivity contribution in [1.82, 2.24) is 24.8 Å². The van der Waals surface area contributed by atoms with Crippen molar-refractivity contribution in [1.29, 1.82) is 0 Å². The van der Waals surface area contributed by atoms with Crippen LogP contribution in [0.4, 0.5) is 4.39 Å². The summed E-state index contributed by atoms with van der Waals surface area (Å²) in [5.74, 6) is 0.111. The summed E-state index contributed by atoms with van der Waals surface area (Å²) in [5, 5.41) is 0. The number of benzene rings is 1. The van der Waals surface area contributed by atoms with E-state index in [1.54, 1.807) is 17.3 Å². The second kappa shape index (κ2) is 6.23. The van der Waals surface area contributed by atoms with E-state index in [2.05, 4.69) is 19.9 Å². The van der Waals surface area contributed by atoms with Crippen molar-refractivity contribution in [2.45, 2.75) is 25.7 Å². The van der Waals surface area contributed by atoms with E-state index < -0.39 is 0 Å². The third-order valence-corrected chi connectivity index (χ3v) is 4.75. The molecule has 0 bridgehead atoms. The number of imidazole rings is 1. The zero-order chi connectivity index (χ0) is 17.4. The van der Waals surface area contributed by atoms with Gasteiger partial charge in [-0.05, 0) is 43.5 Å². The topological polar surface area (TPSA) is 74.8 Å². The number of nitrogens with zero attached hydrogens (tertiary/aromatic N) is 4. The van der Waals surface area contributed by atoms with Gasteiger partial charge in [0, 0.05) is 30.9 Å². The van der Waals surface area contributed by atoms with Gasteiger partial charge in [-0.2, -0.15) is 0 Å². The number of piperidine rings is 1. The number of aromatic amines is 1. The minimum atomic E-state index is -0.351. The van der Waals surface area contributed by atoms with Gasteiger partial charge < -0.3 is 9.88 Å². The Morgan fingerprint density at radius 1 is 1.32 bits per heavy atom. The molecule has 1 amide bonds. The fraction of sp³-hybridized carbons (Fsp3) is 0.333. The number of carbonyl (C=O) groups excluding carboxylic acids is 1. The normalized spacial score (nSPS) is 15.7. The van der Waals surface area contributed by atoms with E-state index in [0.717, 1.165) is 24.1 Å². The molecule has 7 heteroatoms. The molecule has 1 aliphatic heterocycles. The molecule has 128 valence electrons. The maximum atomic E-state index is 13.3. The number of amides is 1. The molecule has 1 fully saturated rings. The summed E-state index contributed by atoms with van der Waals surface area (Å²) in [5.41, 5.74) is 3.29. The largest absolute Gasteiger partial charge is 0.336 e. The molecular formula is C18H18FN5O. The third kappa shape index (κ3) is 2.97. The highest BCUT2D eigenvalue weighted by molar-refractivity contribution is 5.94. The molecule has 0 aliphatic carbocycles. The lowest BCUT2D eigenvalue weighted by molar-refractivity contribution is 0.0701. The van der Waals surface area contributed by atoms with Crippen LogP contribution in [0.5, 0.6) is 0 Å². The molecule has 0 radical (unpaired) electrons. The fourth-order valence-electron chi connectivity index (χ4n) is 3.42. The summed E-state index contributed by atoms with van der Waals surface area (Å²) < 4.78 is 13.3. The number of rotatable bonds is 2. The number of aromatic nitrogens is 4. The first kappa shape index (κ1) is 15.7. The van der Waals surface area contributed by atoms with Crippen molar-refractivity contribution in [3.05, 3.63) is 53.6 Å². The predicted molar refractivity (Wildman–Crippen MR) is 90.7 cm³/mol. The van der Waals surface area contributed by atoms with Crippen LogP contribution in [-0.2, 0) is 0 Å². The fourth-order valence-corrected chi connectivity index (χ4v) is 3.42. The number of H-pyrrole nitrogens is 1.